The molecule has 2 aromatic rings. The summed E-state index contributed by atoms with van der Waals surface area (Å²) in [5.74, 6) is 0.202. The van der Waals surface area contributed by atoms with E-state index in [1.165, 1.54) is 23.4 Å². The highest BCUT2D eigenvalue weighted by atomic mass is 35.5. The maximum absolute atomic E-state index is 12.7. The summed E-state index contributed by atoms with van der Waals surface area (Å²) in [6, 6.07) is 13.4. The minimum Gasteiger partial charge on any atom is -0.382 e. The van der Waals surface area contributed by atoms with Gasteiger partial charge in [-0.25, -0.2) is 0 Å². The molecule has 202 valence electrons. The second-order valence-electron chi connectivity index (χ2n) is 9.76. The van der Waals surface area contributed by atoms with Crippen molar-refractivity contribution in [2.24, 2.45) is 0 Å². The molecule has 0 bridgehead atoms. The third kappa shape index (κ3) is 8.45. The van der Waals surface area contributed by atoms with Crippen molar-refractivity contribution in [3.8, 4) is 0 Å². The predicted molar refractivity (Wildman–Crippen MR) is 146 cm³/mol. The summed E-state index contributed by atoms with van der Waals surface area (Å²) in [6.45, 7) is 8.44. The van der Waals surface area contributed by atoms with Gasteiger partial charge < -0.3 is 15.1 Å². The van der Waals surface area contributed by atoms with Crippen LogP contribution in [0.15, 0.2) is 47.4 Å². The first-order valence-electron chi connectivity index (χ1n) is 12.8. The molecule has 1 amide bonds. The molecule has 37 heavy (non-hydrogen) atoms. The van der Waals surface area contributed by atoms with Crippen molar-refractivity contribution < 1.29 is 18.0 Å². The lowest BCUT2D eigenvalue weighted by Gasteiger charge is -2.36. The number of hydrogen-bond donors (Lipinski definition) is 1. The molecule has 2 aliphatic heterocycles. The van der Waals surface area contributed by atoms with Gasteiger partial charge in [-0.05, 0) is 74.8 Å². The first-order chi connectivity index (χ1) is 17.7. The number of aryl methyl sites for hydroxylation is 1. The summed E-state index contributed by atoms with van der Waals surface area (Å²) in [7, 11) is 0. The van der Waals surface area contributed by atoms with Crippen molar-refractivity contribution in [2.45, 2.75) is 49.1 Å². The lowest BCUT2D eigenvalue weighted by Crippen LogP contribution is -2.47. The second-order valence-corrected chi connectivity index (χ2v) is 11.3. The third-order valence-corrected chi connectivity index (χ3v) is 8.24. The van der Waals surface area contributed by atoms with Crippen LogP contribution in [0.4, 0.5) is 24.5 Å². The van der Waals surface area contributed by atoms with Crippen LogP contribution >= 0.6 is 23.4 Å². The van der Waals surface area contributed by atoms with Crippen LogP contribution in [0.2, 0.25) is 5.02 Å². The summed E-state index contributed by atoms with van der Waals surface area (Å²) in [4.78, 5) is 19.5. The van der Waals surface area contributed by atoms with Crippen LogP contribution < -0.4 is 10.2 Å². The molecule has 0 unspecified atom stereocenters. The first-order valence-corrected chi connectivity index (χ1v) is 14.0. The summed E-state index contributed by atoms with van der Waals surface area (Å²) in [6.07, 6.45) is 3.01. The molecule has 0 radical (unpaired) electrons. The Morgan fingerprint density at radius 1 is 1.03 bits per heavy atom. The van der Waals surface area contributed by atoms with Crippen LogP contribution in [0.25, 0.3) is 0 Å². The summed E-state index contributed by atoms with van der Waals surface area (Å²) in [5.41, 5.74) is -1.12. The molecule has 1 N–H and O–H groups in total. The van der Waals surface area contributed by atoms with Crippen LogP contribution in [0.3, 0.4) is 0 Å². The van der Waals surface area contributed by atoms with Crippen molar-refractivity contribution in [1.29, 1.82) is 0 Å². The molecule has 0 spiro atoms. The quantitative estimate of drug-likeness (QED) is 0.390. The fraction of sp³-hybridized carbons (Fsp3) is 0.519. The summed E-state index contributed by atoms with van der Waals surface area (Å²) in [5, 5.41) is 3.43. The molecule has 5 nitrogen and oxygen atoms in total. The molecule has 2 aromatic carbocycles. The van der Waals surface area contributed by atoms with Crippen LogP contribution in [0.1, 0.15) is 31.2 Å². The Balaban J connectivity index is 1.13. The number of carbonyl (C=O) groups is 1. The molecular formula is C27H34ClF3N4OS. The highest BCUT2D eigenvalue weighted by Gasteiger charge is 2.30. The number of hydrogen-bond acceptors (Lipinski definition) is 5. The van der Waals surface area contributed by atoms with E-state index in [2.05, 4.69) is 46.3 Å². The van der Waals surface area contributed by atoms with Gasteiger partial charge in [0.25, 0.3) is 0 Å². The number of nitrogens with zero attached hydrogens (tertiary/aromatic N) is 3. The van der Waals surface area contributed by atoms with E-state index in [4.69, 9.17) is 11.6 Å². The zero-order valence-corrected chi connectivity index (χ0v) is 22.6. The predicted octanol–water partition coefficient (Wildman–Crippen LogP) is 6.27. The van der Waals surface area contributed by atoms with Crippen molar-refractivity contribution in [3.63, 3.8) is 0 Å². The third-order valence-electron chi connectivity index (χ3n) is 7.01. The molecule has 4 rings (SSSR count). The van der Waals surface area contributed by atoms with E-state index in [1.54, 1.807) is 6.07 Å². The average Bonchev–Trinajstić information content (AvgIpc) is 2.86. The van der Waals surface area contributed by atoms with Crippen LogP contribution in [0.5, 0.6) is 0 Å². The van der Waals surface area contributed by atoms with Crippen LogP contribution in [0, 0.1) is 6.92 Å². The molecule has 0 aromatic heterocycles. The minimum absolute atomic E-state index is 0.00622. The number of carbonyl (C=O) groups excluding carboxylic acids is 1. The van der Waals surface area contributed by atoms with Gasteiger partial charge in [0.1, 0.15) is 0 Å². The molecule has 2 aliphatic rings. The van der Waals surface area contributed by atoms with Crippen molar-refractivity contribution in [3.05, 3.63) is 53.1 Å². The van der Waals surface area contributed by atoms with Gasteiger partial charge in [-0.3, -0.25) is 9.69 Å². The molecule has 2 saturated heterocycles. The van der Waals surface area contributed by atoms with Gasteiger partial charge in [0, 0.05) is 68.0 Å². The van der Waals surface area contributed by atoms with Crippen LogP contribution in [-0.2, 0) is 4.79 Å². The topological polar surface area (TPSA) is 38.8 Å². The fourth-order valence-corrected chi connectivity index (χ4v) is 5.74. The Bertz CT molecular complexity index is 1040. The summed E-state index contributed by atoms with van der Waals surface area (Å²) >= 11 is 5.83. The molecule has 10 heteroatoms. The zero-order chi connectivity index (χ0) is 26.4. The van der Waals surface area contributed by atoms with E-state index in [0.717, 1.165) is 52.0 Å². The number of piperazine rings is 1. The van der Waals surface area contributed by atoms with Gasteiger partial charge >= 0.3 is 5.51 Å². The Hall–Kier alpha value is -2.10. The summed E-state index contributed by atoms with van der Waals surface area (Å²) < 4.78 is 37.8. The standard InChI is InChI=1S/C27H34ClF3N4OS/c1-20-4-7-23(8-5-20)34-17-15-33(16-18-34)12-2-3-26(36)35-13-10-21(11-14-35)32-22-6-9-25(24(28)19-22)37-27(29,30)31/h4-9,19,21,32H,2-3,10-18H2,1H3. The van der Waals surface area contributed by atoms with E-state index in [9.17, 15) is 18.0 Å². The zero-order valence-electron chi connectivity index (χ0n) is 21.1. The number of amides is 1. The van der Waals surface area contributed by atoms with E-state index in [1.807, 2.05) is 4.90 Å². The number of nitrogens with one attached hydrogen (secondary N) is 1. The average molecular weight is 555 g/mol. The molecule has 0 aliphatic carbocycles. The van der Waals surface area contributed by atoms with Gasteiger partial charge in [-0.1, -0.05) is 29.3 Å². The molecular weight excluding hydrogens is 521 g/mol. The number of alkyl halides is 3. The highest BCUT2D eigenvalue weighted by Crippen LogP contribution is 2.41. The smallest absolute Gasteiger partial charge is 0.382 e. The van der Waals surface area contributed by atoms with Gasteiger partial charge in [0.2, 0.25) is 5.91 Å². The molecule has 2 fully saturated rings. The van der Waals surface area contributed by atoms with E-state index in [-0.39, 0.29) is 33.6 Å². The number of thioether (sulfide) groups is 1. The largest absolute Gasteiger partial charge is 0.446 e. The Kier molecular flexibility index (Phi) is 9.53. The molecule has 0 atom stereocenters. The maximum Gasteiger partial charge on any atom is 0.446 e. The number of halogens is 4. The Morgan fingerprint density at radius 2 is 1.70 bits per heavy atom. The molecule has 2 heterocycles. The van der Waals surface area contributed by atoms with Crippen molar-refractivity contribution in [1.82, 2.24) is 9.80 Å². The fourth-order valence-electron chi connectivity index (χ4n) is 4.90. The number of rotatable bonds is 8. The van der Waals surface area contributed by atoms with Crippen LogP contribution in [-0.4, -0.2) is 73.1 Å². The number of piperidine rings is 1. The van der Waals surface area contributed by atoms with Gasteiger partial charge in [-0.2, -0.15) is 13.2 Å². The Labute approximate surface area is 226 Å². The van der Waals surface area contributed by atoms with Gasteiger partial charge in [-0.15, -0.1) is 0 Å². The van der Waals surface area contributed by atoms with Crippen molar-refractivity contribution in [2.75, 3.05) is 56.0 Å². The second kappa shape index (κ2) is 12.6. The number of anilines is 2. The van der Waals surface area contributed by atoms with Gasteiger partial charge in [0.15, 0.2) is 0 Å². The Morgan fingerprint density at radius 3 is 2.32 bits per heavy atom. The highest BCUT2D eigenvalue weighted by molar-refractivity contribution is 8.00. The maximum atomic E-state index is 12.7. The lowest BCUT2D eigenvalue weighted by molar-refractivity contribution is -0.132. The molecule has 0 saturated carbocycles. The first kappa shape index (κ1) is 27.9. The number of likely N-dealkylation sites (tertiary alicyclic amines) is 1. The van der Waals surface area contributed by atoms with E-state index in [0.29, 0.717) is 25.2 Å². The van der Waals surface area contributed by atoms with Crippen molar-refractivity contribution >= 4 is 40.6 Å². The monoisotopic (exact) mass is 554 g/mol. The van der Waals surface area contributed by atoms with E-state index >= 15 is 0 Å². The normalized spacial score (nSPS) is 17.8. The lowest BCUT2D eigenvalue weighted by atomic mass is 10.0. The van der Waals surface area contributed by atoms with E-state index < -0.39 is 5.51 Å². The minimum atomic E-state index is -4.37. The number of benzene rings is 2. The van der Waals surface area contributed by atoms with Gasteiger partial charge in [0.05, 0.1) is 5.02 Å². The SMILES string of the molecule is Cc1ccc(N2CCN(CCCC(=O)N3CCC(Nc4ccc(SC(F)(F)F)c(Cl)c4)CC3)CC2)cc1.